The lowest BCUT2D eigenvalue weighted by Crippen LogP contribution is -2.41. The number of benzene rings is 3. The summed E-state index contributed by atoms with van der Waals surface area (Å²) in [7, 11) is 0. The van der Waals surface area contributed by atoms with Gasteiger partial charge in [-0.3, -0.25) is 4.79 Å². The van der Waals surface area contributed by atoms with Gasteiger partial charge in [0.1, 0.15) is 11.8 Å². The van der Waals surface area contributed by atoms with Gasteiger partial charge in [-0.15, -0.1) is 0 Å². The van der Waals surface area contributed by atoms with Crippen LogP contribution in [0.1, 0.15) is 47.6 Å². The maximum atomic E-state index is 13.6. The normalized spacial score (nSPS) is 19.7. The molecular weight excluding hydrogens is 450 g/mol. The number of amides is 1. The van der Waals surface area contributed by atoms with E-state index in [4.69, 9.17) is 16.3 Å². The van der Waals surface area contributed by atoms with E-state index in [2.05, 4.69) is 0 Å². The zero-order chi connectivity index (χ0) is 23.7. The second-order valence-corrected chi connectivity index (χ2v) is 9.42. The van der Waals surface area contributed by atoms with E-state index in [0.717, 1.165) is 29.0 Å². The number of carboxylic acids is 1. The van der Waals surface area contributed by atoms with Crippen LogP contribution in [0.5, 0.6) is 5.75 Å². The highest BCUT2D eigenvalue weighted by atomic mass is 35.5. The van der Waals surface area contributed by atoms with Crippen LogP contribution in [-0.2, 0) is 4.79 Å². The Balaban J connectivity index is 1.41. The Labute approximate surface area is 203 Å². The molecule has 0 bridgehead atoms. The van der Waals surface area contributed by atoms with E-state index in [-0.39, 0.29) is 11.9 Å². The van der Waals surface area contributed by atoms with Crippen molar-refractivity contribution in [2.24, 2.45) is 5.92 Å². The second-order valence-electron chi connectivity index (χ2n) is 9.01. The number of halogens is 1. The number of aliphatic carboxylic acids is 1. The number of rotatable bonds is 7. The van der Waals surface area contributed by atoms with Gasteiger partial charge < -0.3 is 14.7 Å². The average molecular weight is 476 g/mol. The van der Waals surface area contributed by atoms with Gasteiger partial charge >= 0.3 is 5.97 Å². The van der Waals surface area contributed by atoms with Crippen LogP contribution in [0.25, 0.3) is 11.1 Å². The number of carbonyl (C=O) groups excluding carboxylic acids is 1. The van der Waals surface area contributed by atoms with Gasteiger partial charge in [0.15, 0.2) is 0 Å². The first-order valence-electron chi connectivity index (χ1n) is 11.6. The summed E-state index contributed by atoms with van der Waals surface area (Å²) in [6.07, 6.45) is 3.39. The number of nitrogens with zero attached hydrogens (tertiary/aromatic N) is 1. The summed E-state index contributed by atoms with van der Waals surface area (Å²) < 4.78 is 6.04. The molecule has 2 aliphatic rings. The molecule has 2 fully saturated rings. The number of carbonyl (C=O) groups is 2. The summed E-state index contributed by atoms with van der Waals surface area (Å²) in [5.41, 5.74) is 3.15. The molecular formula is C28H26ClNO4. The molecule has 1 saturated carbocycles. The van der Waals surface area contributed by atoms with Gasteiger partial charge in [0.2, 0.25) is 0 Å². The first kappa shape index (κ1) is 22.5. The first-order valence-corrected chi connectivity index (χ1v) is 12.0. The van der Waals surface area contributed by atoms with Gasteiger partial charge in [-0.05, 0) is 67.0 Å². The second kappa shape index (κ2) is 9.51. The highest BCUT2D eigenvalue weighted by Crippen LogP contribution is 2.40. The van der Waals surface area contributed by atoms with Crippen LogP contribution in [0.4, 0.5) is 0 Å². The summed E-state index contributed by atoms with van der Waals surface area (Å²) in [6, 6.07) is 21.3. The van der Waals surface area contributed by atoms with Crippen LogP contribution in [-0.4, -0.2) is 34.5 Å². The summed E-state index contributed by atoms with van der Waals surface area (Å²) in [5.74, 6) is 0.181. The standard InChI is InChI=1S/C28H26ClNO4/c29-23-7-3-1-6-22(23)24-15-16-25(28(32)33)30(24)27(31)20-13-11-19(12-14-20)21-5-2-4-8-26(21)34-17-18-9-10-18/h1-8,11-14,18,24-25H,9-10,15-17H2,(H,32,33)/t24?,25-/m0/s1. The number of hydrogen-bond acceptors (Lipinski definition) is 3. The van der Waals surface area contributed by atoms with Gasteiger partial charge in [0, 0.05) is 16.1 Å². The Morgan fingerprint density at radius 3 is 2.32 bits per heavy atom. The molecule has 2 atom stereocenters. The molecule has 0 radical (unpaired) electrons. The van der Waals surface area contributed by atoms with Gasteiger partial charge in [0.25, 0.3) is 5.91 Å². The van der Waals surface area contributed by atoms with Crippen LogP contribution in [0.3, 0.4) is 0 Å². The van der Waals surface area contributed by atoms with E-state index in [0.29, 0.717) is 29.3 Å². The summed E-state index contributed by atoms with van der Waals surface area (Å²) in [5, 5.41) is 10.3. The number of para-hydroxylation sites is 1. The van der Waals surface area contributed by atoms with Crippen molar-refractivity contribution in [1.82, 2.24) is 4.90 Å². The van der Waals surface area contributed by atoms with Crippen molar-refractivity contribution in [2.75, 3.05) is 6.61 Å². The Kier molecular flexibility index (Phi) is 6.29. The van der Waals surface area contributed by atoms with E-state index in [1.54, 1.807) is 18.2 Å². The summed E-state index contributed by atoms with van der Waals surface area (Å²) in [4.78, 5) is 27.0. The lowest BCUT2D eigenvalue weighted by atomic mass is 10.0. The molecule has 1 aliphatic heterocycles. The molecule has 3 aromatic rings. The van der Waals surface area contributed by atoms with Crippen LogP contribution in [0.15, 0.2) is 72.8 Å². The minimum atomic E-state index is -0.999. The molecule has 1 heterocycles. The zero-order valence-corrected chi connectivity index (χ0v) is 19.4. The third-order valence-electron chi connectivity index (χ3n) is 6.67. The molecule has 5 nitrogen and oxygen atoms in total. The van der Waals surface area contributed by atoms with Gasteiger partial charge in [-0.2, -0.15) is 0 Å². The van der Waals surface area contributed by atoms with E-state index in [1.165, 1.54) is 17.7 Å². The maximum absolute atomic E-state index is 13.6. The highest BCUT2D eigenvalue weighted by molar-refractivity contribution is 6.31. The van der Waals surface area contributed by atoms with E-state index in [1.807, 2.05) is 54.6 Å². The van der Waals surface area contributed by atoms with Crippen molar-refractivity contribution in [3.05, 3.63) is 88.9 Å². The number of hydrogen-bond donors (Lipinski definition) is 1. The van der Waals surface area contributed by atoms with Gasteiger partial charge in [0.05, 0.1) is 12.6 Å². The number of likely N-dealkylation sites (tertiary alicyclic amines) is 1. The minimum absolute atomic E-state index is 0.306. The highest BCUT2D eigenvalue weighted by Gasteiger charge is 2.42. The molecule has 174 valence electrons. The van der Waals surface area contributed by atoms with Crippen molar-refractivity contribution in [2.45, 2.75) is 37.8 Å². The molecule has 1 aliphatic carbocycles. The molecule has 1 N–H and O–H groups in total. The van der Waals surface area contributed by atoms with Crippen LogP contribution < -0.4 is 4.74 Å². The van der Waals surface area contributed by atoms with E-state index >= 15 is 0 Å². The van der Waals surface area contributed by atoms with Crippen molar-refractivity contribution in [3.63, 3.8) is 0 Å². The summed E-state index contributed by atoms with van der Waals surface area (Å²) in [6.45, 7) is 0.725. The maximum Gasteiger partial charge on any atom is 0.326 e. The van der Waals surface area contributed by atoms with Gasteiger partial charge in [-0.25, -0.2) is 4.79 Å². The number of carboxylic acid groups (broad SMARTS) is 1. The lowest BCUT2D eigenvalue weighted by molar-refractivity contribution is -0.141. The molecule has 0 spiro atoms. The fourth-order valence-electron chi connectivity index (χ4n) is 4.65. The Morgan fingerprint density at radius 2 is 1.62 bits per heavy atom. The largest absolute Gasteiger partial charge is 0.493 e. The lowest BCUT2D eigenvalue weighted by Gasteiger charge is -2.29. The van der Waals surface area contributed by atoms with Crippen molar-refractivity contribution >= 4 is 23.5 Å². The summed E-state index contributed by atoms with van der Waals surface area (Å²) >= 11 is 6.40. The van der Waals surface area contributed by atoms with E-state index in [9.17, 15) is 14.7 Å². The fourth-order valence-corrected chi connectivity index (χ4v) is 4.91. The molecule has 5 rings (SSSR count). The Bertz CT molecular complexity index is 1210. The molecule has 1 saturated heterocycles. The van der Waals surface area contributed by atoms with Gasteiger partial charge in [-0.1, -0.05) is 60.1 Å². The molecule has 3 aromatic carbocycles. The quantitative estimate of drug-likeness (QED) is 0.440. The molecule has 34 heavy (non-hydrogen) atoms. The van der Waals surface area contributed by atoms with Crippen LogP contribution in [0.2, 0.25) is 5.02 Å². The van der Waals surface area contributed by atoms with E-state index < -0.39 is 12.0 Å². The smallest absolute Gasteiger partial charge is 0.326 e. The molecule has 0 aromatic heterocycles. The monoisotopic (exact) mass is 475 g/mol. The SMILES string of the molecule is O=C(O)[C@@H]1CCC(c2ccccc2Cl)N1C(=O)c1ccc(-c2ccccc2OCC2CC2)cc1. The Morgan fingerprint density at radius 1 is 0.912 bits per heavy atom. The first-order chi connectivity index (χ1) is 16.5. The molecule has 1 amide bonds. The predicted octanol–water partition coefficient (Wildman–Crippen LogP) is 6.23. The fraction of sp³-hybridized carbons (Fsp3) is 0.286. The van der Waals surface area contributed by atoms with Crippen molar-refractivity contribution in [3.8, 4) is 16.9 Å². The van der Waals surface area contributed by atoms with Crippen LogP contribution in [0, 0.1) is 5.92 Å². The number of ether oxygens (including phenoxy) is 1. The zero-order valence-electron chi connectivity index (χ0n) is 18.7. The average Bonchev–Trinajstić information content (AvgIpc) is 3.58. The topological polar surface area (TPSA) is 66.8 Å². The molecule has 6 heteroatoms. The third-order valence-corrected chi connectivity index (χ3v) is 7.01. The van der Waals surface area contributed by atoms with Crippen molar-refractivity contribution in [1.29, 1.82) is 0 Å². The van der Waals surface area contributed by atoms with Crippen LogP contribution >= 0.6 is 11.6 Å². The minimum Gasteiger partial charge on any atom is -0.493 e. The van der Waals surface area contributed by atoms with Crippen molar-refractivity contribution < 1.29 is 19.4 Å². The molecule has 1 unspecified atom stereocenters. The predicted molar refractivity (Wildman–Crippen MR) is 131 cm³/mol. The Hall–Kier alpha value is -3.31. The third kappa shape index (κ3) is 4.53.